The molecule has 5 aromatic rings. The number of carbonyl (C=O) groups excluding carboxylic acids is 6. The Bertz CT molecular complexity index is 3220. The van der Waals surface area contributed by atoms with Crippen LogP contribution >= 0.6 is 33.3 Å². The number of Topliss-reactive ketones (excluding diaryl/α,β-unsaturated/α-hetero) is 1. The number of imide groups is 1. The number of aryl methyl sites for hydroxylation is 2. The van der Waals surface area contributed by atoms with Crippen LogP contribution in [0.15, 0.2) is 96.0 Å². The van der Waals surface area contributed by atoms with Gasteiger partial charge in [-0.15, -0.1) is 0 Å². The zero-order valence-corrected chi connectivity index (χ0v) is 47.2. The monoisotopic (exact) mass is 1110 g/mol. The van der Waals surface area contributed by atoms with E-state index in [1.165, 1.54) is 22.2 Å². The number of nitrogens with one attached hydrogen (secondary N) is 1. The van der Waals surface area contributed by atoms with Crippen molar-refractivity contribution in [3.63, 3.8) is 0 Å². The summed E-state index contributed by atoms with van der Waals surface area (Å²) in [4.78, 5) is 89.1. The quantitative estimate of drug-likeness (QED) is 0.0397. The Labute approximate surface area is 468 Å². The van der Waals surface area contributed by atoms with Crippen molar-refractivity contribution in [3.05, 3.63) is 136 Å². The van der Waals surface area contributed by atoms with Crippen LogP contribution in [0.5, 0.6) is 17.2 Å². The number of hydrogen-bond donors (Lipinski definition) is 1. The fourth-order valence-electron chi connectivity index (χ4n) is 11.1. The third kappa shape index (κ3) is 12.0. The minimum absolute atomic E-state index is 0.0412. The van der Waals surface area contributed by atoms with Gasteiger partial charge in [0.25, 0.3) is 11.8 Å². The van der Waals surface area contributed by atoms with Crippen molar-refractivity contribution in [2.24, 2.45) is 4.99 Å². The van der Waals surface area contributed by atoms with E-state index < -0.39 is 0 Å². The molecule has 1 fully saturated rings. The van der Waals surface area contributed by atoms with Crippen LogP contribution in [-0.2, 0) is 51.7 Å². The van der Waals surface area contributed by atoms with E-state index in [4.69, 9.17) is 19.2 Å². The van der Waals surface area contributed by atoms with Gasteiger partial charge in [-0.05, 0) is 147 Å². The number of fused-ring (bicyclic) bond motifs is 8. The predicted molar refractivity (Wildman–Crippen MR) is 311 cm³/mol. The summed E-state index contributed by atoms with van der Waals surface area (Å²) in [7, 11) is 4.97. The van der Waals surface area contributed by atoms with Gasteiger partial charge < -0.3 is 24.4 Å². The maximum Gasteiger partial charge on any atom is 0.261 e. The first-order valence-corrected chi connectivity index (χ1v) is 30.4. The second kappa shape index (κ2) is 23.8. The van der Waals surface area contributed by atoms with E-state index in [2.05, 4.69) is 31.3 Å². The van der Waals surface area contributed by atoms with Gasteiger partial charge in [-0.2, -0.15) is 11.8 Å². The SMILES string of the molecule is COc1cc2c(cc1OCc1cc(COc3cc4c(cc3C)C(=O)N3c5ccccc5C[C@H]3C=N4)cc(NC(=O)CCC(C)(C)SSCCCC(=O)CCCN3C(=O)CC(SC)C3=O)c1)CC[C@@H]1Cc3ccccc3N1C2=O. The predicted octanol–water partition coefficient (Wildman–Crippen LogP) is 11.5. The Hall–Kier alpha value is -6.56. The minimum Gasteiger partial charge on any atom is -0.493 e. The molecule has 17 heteroatoms. The first-order valence-electron chi connectivity index (χ1n) is 26.8. The molecule has 0 spiro atoms. The van der Waals surface area contributed by atoms with Crippen molar-refractivity contribution in [1.29, 1.82) is 0 Å². The zero-order valence-electron chi connectivity index (χ0n) is 44.8. The second-order valence-corrected chi connectivity index (χ2v) is 25.4. The van der Waals surface area contributed by atoms with Gasteiger partial charge in [0.05, 0.1) is 29.7 Å². The van der Waals surface area contributed by atoms with Crippen LogP contribution in [0.2, 0.25) is 0 Å². The molecule has 10 rings (SSSR count). The molecule has 1 unspecified atom stereocenters. The molecular formula is C61H65N5O9S3. The topological polar surface area (TPSA) is 164 Å². The molecule has 5 aromatic carbocycles. The summed E-state index contributed by atoms with van der Waals surface area (Å²) >= 11 is 1.39. The summed E-state index contributed by atoms with van der Waals surface area (Å²) < 4.78 is 18.7. The van der Waals surface area contributed by atoms with E-state index in [0.29, 0.717) is 84.8 Å². The van der Waals surface area contributed by atoms with Crippen molar-refractivity contribution in [1.82, 2.24) is 4.90 Å². The minimum atomic E-state index is -0.310. The van der Waals surface area contributed by atoms with Crippen LogP contribution in [0.25, 0.3) is 0 Å². The van der Waals surface area contributed by atoms with E-state index in [1.54, 1.807) is 34.8 Å². The number of likely N-dealkylation sites (tertiary alicyclic amines) is 1. The molecule has 1 N–H and O–H groups in total. The lowest BCUT2D eigenvalue weighted by Gasteiger charge is -2.23. The molecule has 0 bridgehead atoms. The Morgan fingerprint density at radius 3 is 2.18 bits per heavy atom. The molecule has 5 amide bonds. The van der Waals surface area contributed by atoms with Crippen molar-refractivity contribution in [2.45, 2.75) is 127 Å². The standard InChI is InChI=1S/C61H65N5O9S3/c1-37-24-48-49(62-34-45-29-42-13-7-9-17-51(42)66(45)59(48)71)32-52(37)74-35-38-25-39(36-75-54-30-40-18-19-44-28-41-12-6-8-16-50(41)65(44)58(70)47(40)31-53(54)73-4)27-43(26-38)63-56(68)20-21-61(2,3)78-77-23-11-15-46(67)14-10-22-64-57(69)33-55(76-5)60(64)72/h6-9,12-13,16-17,24-27,30-32,34,44-45,55H,10-11,14-15,18-23,28-29,33,35-36H2,1-5H3,(H,63,68)/t44-,45+,55?/m1/s1. The number of hydrogen-bond acceptors (Lipinski definition) is 13. The molecule has 0 radical (unpaired) electrons. The molecule has 1 saturated heterocycles. The van der Waals surface area contributed by atoms with Gasteiger partial charge in [0.15, 0.2) is 11.5 Å². The molecule has 14 nitrogen and oxygen atoms in total. The lowest BCUT2D eigenvalue weighted by molar-refractivity contribution is -0.138. The number of benzene rings is 5. The lowest BCUT2D eigenvalue weighted by atomic mass is 9.99. The van der Waals surface area contributed by atoms with Gasteiger partial charge in [-0.1, -0.05) is 58.0 Å². The number of ketones is 1. The molecule has 0 aromatic heterocycles. The van der Waals surface area contributed by atoms with E-state index in [1.807, 2.05) is 102 Å². The first-order chi connectivity index (χ1) is 37.7. The smallest absolute Gasteiger partial charge is 0.261 e. The number of thioether (sulfide) groups is 1. The number of methoxy groups -OCH3 is 1. The summed E-state index contributed by atoms with van der Waals surface area (Å²) in [5.41, 5.74) is 9.68. The third-order valence-electron chi connectivity index (χ3n) is 15.2. The van der Waals surface area contributed by atoms with Crippen LogP contribution in [0, 0.1) is 6.92 Å². The fraction of sp³-hybridized carbons (Fsp3) is 0.393. The summed E-state index contributed by atoms with van der Waals surface area (Å²) in [6, 6.07) is 29.2. The average molecular weight is 1110 g/mol. The number of carbonyl (C=O) groups is 6. The van der Waals surface area contributed by atoms with Crippen LogP contribution in [-0.4, -0.2) is 94.2 Å². The van der Waals surface area contributed by atoms with Crippen LogP contribution in [0.3, 0.4) is 0 Å². The highest BCUT2D eigenvalue weighted by molar-refractivity contribution is 8.77. The maximum absolute atomic E-state index is 14.2. The molecular weight excluding hydrogens is 1040 g/mol. The van der Waals surface area contributed by atoms with Crippen LogP contribution in [0.4, 0.5) is 22.7 Å². The summed E-state index contributed by atoms with van der Waals surface area (Å²) in [6.45, 7) is 6.71. The molecule has 0 aliphatic carbocycles. The Morgan fingerprint density at radius 1 is 0.756 bits per heavy atom. The molecule has 0 saturated carbocycles. The number of aliphatic imine (C=N–C) groups is 1. The average Bonchev–Trinajstić information content (AvgIpc) is 4.20. The third-order valence-corrected chi connectivity index (χ3v) is 19.5. The number of anilines is 3. The molecule has 3 atom stereocenters. The number of nitrogens with zero attached hydrogens (tertiary/aromatic N) is 4. The first kappa shape index (κ1) is 54.8. The van der Waals surface area contributed by atoms with Crippen molar-refractivity contribution in [3.8, 4) is 17.2 Å². The molecule has 5 aliphatic heterocycles. The van der Waals surface area contributed by atoms with Crippen molar-refractivity contribution >= 4 is 97.6 Å². The number of ether oxygens (including phenoxy) is 3. The normalized spacial score (nSPS) is 18.2. The number of para-hydroxylation sites is 2. The summed E-state index contributed by atoms with van der Waals surface area (Å²) in [6.07, 6.45) is 9.83. The van der Waals surface area contributed by atoms with Crippen molar-refractivity contribution in [2.75, 3.05) is 40.8 Å². The van der Waals surface area contributed by atoms with Gasteiger partial charge in [-0.25, -0.2) is 0 Å². The molecule has 5 heterocycles. The van der Waals surface area contributed by atoms with Crippen LogP contribution < -0.4 is 29.3 Å². The Morgan fingerprint density at radius 2 is 1.45 bits per heavy atom. The highest BCUT2D eigenvalue weighted by atomic mass is 33.1. The lowest BCUT2D eigenvalue weighted by Crippen LogP contribution is -2.37. The molecule has 406 valence electrons. The van der Waals surface area contributed by atoms with E-state index in [-0.39, 0.29) is 83.5 Å². The second-order valence-electron chi connectivity index (χ2n) is 21.2. The summed E-state index contributed by atoms with van der Waals surface area (Å²) in [5.74, 6) is 1.87. The highest BCUT2D eigenvalue weighted by Crippen LogP contribution is 2.43. The largest absolute Gasteiger partial charge is 0.493 e. The maximum atomic E-state index is 14.2. The fourth-order valence-corrected chi connectivity index (χ4v) is 14.4. The molecule has 5 aliphatic rings. The molecule has 78 heavy (non-hydrogen) atoms. The van der Waals surface area contributed by atoms with Crippen molar-refractivity contribution < 1.29 is 43.0 Å². The van der Waals surface area contributed by atoms with Crippen LogP contribution in [0.1, 0.15) is 119 Å². The zero-order chi connectivity index (χ0) is 54.7. The number of amides is 5. The number of rotatable bonds is 22. The van der Waals surface area contributed by atoms with Gasteiger partial charge in [0.1, 0.15) is 24.7 Å². The van der Waals surface area contributed by atoms with Gasteiger partial charge in [0, 0.05) is 90.1 Å². The Balaban J connectivity index is 0.789. The van der Waals surface area contributed by atoms with Gasteiger partial charge in [0.2, 0.25) is 17.7 Å². The summed E-state index contributed by atoms with van der Waals surface area (Å²) in [5, 5.41) is 2.83. The van der Waals surface area contributed by atoms with E-state index >= 15 is 0 Å². The van der Waals surface area contributed by atoms with Gasteiger partial charge >= 0.3 is 0 Å². The highest BCUT2D eigenvalue weighted by Gasteiger charge is 2.40. The van der Waals surface area contributed by atoms with Gasteiger partial charge in [-0.3, -0.25) is 43.6 Å². The van der Waals surface area contributed by atoms with E-state index in [9.17, 15) is 28.8 Å². The Kier molecular flexibility index (Phi) is 16.7. The van der Waals surface area contributed by atoms with E-state index in [0.717, 1.165) is 64.2 Å².